The van der Waals surface area contributed by atoms with Crippen molar-refractivity contribution in [3.8, 4) is 11.5 Å². The molecule has 0 aromatic heterocycles. The Morgan fingerprint density at radius 2 is 1.53 bits per heavy atom. The normalized spacial score (nSPS) is 10.7. The Hall–Kier alpha value is -4.98. The largest absolute Gasteiger partial charge is 0.489 e. The summed E-state index contributed by atoms with van der Waals surface area (Å²) >= 11 is 0. The fourth-order valence-electron chi connectivity index (χ4n) is 3.31. The maximum atomic E-state index is 12.7. The number of ether oxygens (including phenoxy) is 2. The third kappa shape index (κ3) is 6.77. The number of nitrogens with zero attached hydrogens (tertiary/aromatic N) is 2. The number of hydrogen-bond donors (Lipinski definition) is 1. The molecule has 0 bridgehead atoms. The molecule has 0 atom stereocenters. The highest BCUT2D eigenvalue weighted by Crippen LogP contribution is 2.20. The first-order chi connectivity index (χ1) is 17.6. The number of carbonyl (C=O) groups is 1. The minimum atomic E-state index is -0.442. The summed E-state index contributed by atoms with van der Waals surface area (Å²) in [5.74, 6) is 0.680. The topological polar surface area (TPSA) is 103 Å². The molecule has 4 aromatic rings. The summed E-state index contributed by atoms with van der Waals surface area (Å²) in [6.07, 6.45) is 1.52. The molecular weight excluding hydrogens is 458 g/mol. The number of rotatable bonds is 10. The van der Waals surface area contributed by atoms with E-state index in [4.69, 9.17) is 9.47 Å². The number of nitrogens with one attached hydrogen (secondary N) is 1. The predicted molar refractivity (Wildman–Crippen MR) is 136 cm³/mol. The molecule has 180 valence electrons. The van der Waals surface area contributed by atoms with Gasteiger partial charge >= 0.3 is 0 Å². The number of amides is 1. The van der Waals surface area contributed by atoms with E-state index < -0.39 is 4.92 Å². The Morgan fingerprint density at radius 3 is 2.31 bits per heavy atom. The number of nitro benzene ring substituents is 1. The highest BCUT2D eigenvalue weighted by Gasteiger charge is 2.11. The third-order valence-electron chi connectivity index (χ3n) is 5.16. The Balaban J connectivity index is 1.33. The van der Waals surface area contributed by atoms with Gasteiger partial charge in [-0.15, -0.1) is 0 Å². The van der Waals surface area contributed by atoms with Gasteiger partial charge < -0.3 is 9.47 Å². The average Bonchev–Trinajstić information content (AvgIpc) is 2.92. The Kier molecular flexibility index (Phi) is 8.01. The van der Waals surface area contributed by atoms with E-state index in [0.717, 1.165) is 16.7 Å². The van der Waals surface area contributed by atoms with Crippen LogP contribution in [0.15, 0.2) is 108 Å². The minimum Gasteiger partial charge on any atom is -0.489 e. The molecule has 0 aliphatic heterocycles. The van der Waals surface area contributed by atoms with Gasteiger partial charge in [-0.25, -0.2) is 5.43 Å². The van der Waals surface area contributed by atoms with E-state index in [1.54, 1.807) is 48.5 Å². The maximum absolute atomic E-state index is 12.7. The van der Waals surface area contributed by atoms with Crippen LogP contribution in [0.4, 0.5) is 5.69 Å². The molecule has 0 aliphatic rings. The van der Waals surface area contributed by atoms with E-state index in [1.165, 1.54) is 18.3 Å². The lowest BCUT2D eigenvalue weighted by Crippen LogP contribution is -2.18. The van der Waals surface area contributed by atoms with E-state index in [1.807, 2.05) is 42.5 Å². The molecule has 0 saturated carbocycles. The van der Waals surface area contributed by atoms with Crippen molar-refractivity contribution in [3.05, 3.63) is 135 Å². The van der Waals surface area contributed by atoms with E-state index >= 15 is 0 Å². The van der Waals surface area contributed by atoms with Gasteiger partial charge in [-0.05, 0) is 53.1 Å². The lowest BCUT2D eigenvalue weighted by molar-refractivity contribution is -0.384. The molecule has 4 aromatic carbocycles. The number of benzene rings is 4. The molecule has 36 heavy (non-hydrogen) atoms. The van der Waals surface area contributed by atoms with Crippen molar-refractivity contribution >= 4 is 17.8 Å². The zero-order chi connectivity index (χ0) is 25.2. The molecule has 1 N–H and O–H groups in total. The SMILES string of the molecule is O=C(N/N=C/c1cccc(OCc2ccc([N+](=O)[O-])cc2)c1)c1ccccc1OCc1ccccc1. The highest BCUT2D eigenvalue weighted by molar-refractivity contribution is 5.97. The van der Waals surface area contributed by atoms with Gasteiger partial charge in [0.25, 0.3) is 11.6 Å². The van der Waals surface area contributed by atoms with Crippen molar-refractivity contribution in [2.24, 2.45) is 5.10 Å². The fraction of sp³-hybridized carbons (Fsp3) is 0.0714. The molecule has 1 amide bonds. The van der Waals surface area contributed by atoms with Crippen LogP contribution in [0, 0.1) is 10.1 Å². The van der Waals surface area contributed by atoms with Crippen LogP contribution in [0.5, 0.6) is 11.5 Å². The summed E-state index contributed by atoms with van der Waals surface area (Å²) in [5.41, 5.74) is 5.48. The van der Waals surface area contributed by atoms with Crippen LogP contribution in [0.25, 0.3) is 0 Å². The number of hydrogen-bond acceptors (Lipinski definition) is 6. The first-order valence-electron chi connectivity index (χ1n) is 11.1. The number of carbonyl (C=O) groups excluding carboxylic acids is 1. The summed E-state index contributed by atoms with van der Waals surface area (Å²) in [6.45, 7) is 0.607. The van der Waals surface area contributed by atoms with E-state index in [-0.39, 0.29) is 18.2 Å². The van der Waals surface area contributed by atoms with Crippen molar-refractivity contribution < 1.29 is 19.2 Å². The van der Waals surface area contributed by atoms with Gasteiger partial charge in [-0.2, -0.15) is 5.10 Å². The van der Waals surface area contributed by atoms with Crippen LogP contribution < -0.4 is 14.9 Å². The van der Waals surface area contributed by atoms with Crippen LogP contribution >= 0.6 is 0 Å². The van der Waals surface area contributed by atoms with Gasteiger partial charge in [0.05, 0.1) is 16.7 Å². The predicted octanol–water partition coefficient (Wildman–Crippen LogP) is 5.52. The monoisotopic (exact) mass is 481 g/mol. The number of nitro groups is 1. The molecule has 8 nitrogen and oxygen atoms in total. The second-order valence-corrected chi connectivity index (χ2v) is 7.75. The minimum absolute atomic E-state index is 0.0318. The van der Waals surface area contributed by atoms with Gasteiger partial charge in [0.2, 0.25) is 0 Å². The molecule has 4 rings (SSSR count). The quantitative estimate of drug-likeness (QED) is 0.183. The van der Waals surface area contributed by atoms with Crippen molar-refractivity contribution in [2.45, 2.75) is 13.2 Å². The average molecular weight is 482 g/mol. The van der Waals surface area contributed by atoms with Crippen molar-refractivity contribution in [1.82, 2.24) is 5.43 Å². The van der Waals surface area contributed by atoms with Crippen LogP contribution in [0.1, 0.15) is 27.0 Å². The Bertz CT molecular complexity index is 1360. The summed E-state index contributed by atoms with van der Waals surface area (Å²) in [6, 6.07) is 30.1. The van der Waals surface area contributed by atoms with Gasteiger partial charge in [-0.3, -0.25) is 14.9 Å². The lowest BCUT2D eigenvalue weighted by Gasteiger charge is -2.10. The molecule has 8 heteroatoms. The second-order valence-electron chi connectivity index (χ2n) is 7.75. The molecule has 0 unspecified atom stereocenters. The van der Waals surface area contributed by atoms with Crippen LogP contribution in [-0.2, 0) is 13.2 Å². The van der Waals surface area contributed by atoms with Crippen molar-refractivity contribution in [3.63, 3.8) is 0 Å². The molecule has 0 radical (unpaired) electrons. The zero-order valence-corrected chi connectivity index (χ0v) is 19.2. The van der Waals surface area contributed by atoms with Crippen molar-refractivity contribution in [2.75, 3.05) is 0 Å². The first kappa shape index (κ1) is 24.2. The molecule has 0 fully saturated rings. The van der Waals surface area contributed by atoms with Crippen LogP contribution in [-0.4, -0.2) is 17.0 Å². The van der Waals surface area contributed by atoms with Gasteiger partial charge in [-0.1, -0.05) is 54.6 Å². The number of hydrazone groups is 1. The molecule has 0 spiro atoms. The Morgan fingerprint density at radius 1 is 0.833 bits per heavy atom. The fourth-order valence-corrected chi connectivity index (χ4v) is 3.31. The van der Waals surface area contributed by atoms with E-state index in [2.05, 4.69) is 10.5 Å². The van der Waals surface area contributed by atoms with E-state index in [9.17, 15) is 14.9 Å². The highest BCUT2D eigenvalue weighted by atomic mass is 16.6. The second kappa shape index (κ2) is 11.9. The van der Waals surface area contributed by atoms with Gasteiger partial charge in [0.1, 0.15) is 24.7 Å². The first-order valence-corrected chi connectivity index (χ1v) is 11.1. The van der Waals surface area contributed by atoms with Gasteiger partial charge in [0.15, 0.2) is 0 Å². The third-order valence-corrected chi connectivity index (χ3v) is 5.16. The van der Waals surface area contributed by atoms with Crippen LogP contribution in [0.3, 0.4) is 0 Å². The lowest BCUT2D eigenvalue weighted by atomic mass is 10.2. The molecular formula is C28H23N3O5. The standard InChI is InChI=1S/C28H23N3O5/c32-28(26-11-4-5-12-27(26)36-20-21-7-2-1-3-8-21)30-29-18-23-9-6-10-25(17-23)35-19-22-13-15-24(16-14-22)31(33)34/h1-18H,19-20H2,(H,30,32)/b29-18+. The van der Waals surface area contributed by atoms with Crippen LogP contribution in [0.2, 0.25) is 0 Å². The summed E-state index contributed by atoms with van der Waals surface area (Å²) < 4.78 is 11.6. The number of para-hydroxylation sites is 1. The number of non-ortho nitro benzene ring substituents is 1. The summed E-state index contributed by atoms with van der Waals surface area (Å²) in [7, 11) is 0. The maximum Gasteiger partial charge on any atom is 0.275 e. The molecule has 0 heterocycles. The Labute approximate surface area is 208 Å². The summed E-state index contributed by atoms with van der Waals surface area (Å²) in [4.78, 5) is 23.0. The molecule has 0 aliphatic carbocycles. The smallest absolute Gasteiger partial charge is 0.275 e. The summed E-state index contributed by atoms with van der Waals surface area (Å²) in [5, 5.41) is 14.8. The molecule has 0 saturated heterocycles. The zero-order valence-electron chi connectivity index (χ0n) is 19.2. The van der Waals surface area contributed by atoms with Crippen molar-refractivity contribution in [1.29, 1.82) is 0 Å². The van der Waals surface area contributed by atoms with Gasteiger partial charge in [0, 0.05) is 12.1 Å². The van der Waals surface area contributed by atoms with E-state index in [0.29, 0.717) is 23.7 Å².